The van der Waals surface area contributed by atoms with Gasteiger partial charge in [-0.05, 0) is 34.5 Å². The Bertz CT molecular complexity index is 1360. The zero-order chi connectivity index (χ0) is 24.4. The van der Waals surface area contributed by atoms with E-state index >= 15 is 0 Å². The number of nitrogens with zero attached hydrogens (tertiary/aromatic N) is 2. The van der Waals surface area contributed by atoms with Crippen molar-refractivity contribution in [2.45, 2.75) is 30.5 Å². The van der Waals surface area contributed by atoms with Crippen LogP contribution in [0, 0.1) is 0 Å². The maximum Gasteiger partial charge on any atom is 0.328 e. The minimum absolute atomic E-state index is 0.263. The van der Waals surface area contributed by atoms with Gasteiger partial charge in [-0.3, -0.25) is 4.57 Å². The molecule has 0 saturated heterocycles. The number of rotatable bonds is 5. The van der Waals surface area contributed by atoms with Crippen LogP contribution in [0.3, 0.4) is 0 Å². The lowest BCUT2D eigenvalue weighted by Crippen LogP contribution is -2.48. The summed E-state index contributed by atoms with van der Waals surface area (Å²) >= 11 is 18.5. The Labute approximate surface area is 231 Å². The molecule has 0 amide bonds. The first kappa shape index (κ1) is 25.0. The van der Waals surface area contributed by atoms with E-state index in [1.807, 2.05) is 23.1 Å². The number of thiophene rings is 2. The molecule has 4 nitrogen and oxygen atoms in total. The molecule has 10 heteroatoms. The minimum Gasteiger partial charge on any atom is -0.467 e. The molecule has 1 aromatic carbocycles. The first-order chi connectivity index (χ1) is 17.1. The highest BCUT2D eigenvalue weighted by Crippen LogP contribution is 2.37. The molecule has 0 bridgehead atoms. The van der Waals surface area contributed by atoms with Crippen LogP contribution in [0.2, 0.25) is 0 Å². The Kier molecular flexibility index (Phi) is 7.95. The molecule has 0 radical (unpaired) electrons. The number of carbonyl (C=O) groups is 1. The normalized spacial score (nSPS) is 15.2. The average molecular weight is 575 g/mol. The molecule has 4 heterocycles. The SMILES string of the molecule is COC(=O)[C@H]1Cc2c(n(C(=S)SCc3cccs3)c3ccccc23)CN1C(=S)SCc1cccs1. The number of fused-ring (bicyclic) bond motifs is 3. The number of para-hydroxylation sites is 1. The second kappa shape index (κ2) is 11.1. The minimum atomic E-state index is -0.456. The molecular formula is C25H22N2O2S6. The van der Waals surface area contributed by atoms with E-state index < -0.39 is 6.04 Å². The van der Waals surface area contributed by atoms with Crippen molar-refractivity contribution in [3.63, 3.8) is 0 Å². The molecule has 0 saturated carbocycles. The number of carbonyl (C=O) groups excluding carboxylic acids is 1. The Morgan fingerprint density at radius 3 is 2.29 bits per heavy atom. The fourth-order valence-corrected chi connectivity index (χ4v) is 8.33. The summed E-state index contributed by atoms with van der Waals surface area (Å²) in [5, 5.41) is 5.29. The van der Waals surface area contributed by atoms with Crippen LogP contribution < -0.4 is 0 Å². The summed E-state index contributed by atoms with van der Waals surface area (Å²) in [4.78, 5) is 17.4. The number of thiocarbonyl (C=S) groups is 2. The molecule has 0 N–H and O–H groups in total. The number of esters is 1. The van der Waals surface area contributed by atoms with Crippen LogP contribution in [0.25, 0.3) is 10.9 Å². The summed E-state index contributed by atoms with van der Waals surface area (Å²) in [6.07, 6.45) is 0.535. The monoisotopic (exact) mass is 574 g/mol. The molecule has 1 aliphatic heterocycles. The van der Waals surface area contributed by atoms with E-state index in [0.717, 1.165) is 38.0 Å². The van der Waals surface area contributed by atoms with Crippen molar-refractivity contribution < 1.29 is 9.53 Å². The van der Waals surface area contributed by atoms with E-state index in [1.54, 1.807) is 46.2 Å². The lowest BCUT2D eigenvalue weighted by atomic mass is 9.97. The highest BCUT2D eigenvalue weighted by molar-refractivity contribution is 8.22. The Morgan fingerprint density at radius 1 is 1.00 bits per heavy atom. The molecule has 180 valence electrons. The number of benzene rings is 1. The van der Waals surface area contributed by atoms with Crippen molar-refractivity contribution in [1.82, 2.24) is 9.47 Å². The van der Waals surface area contributed by atoms with E-state index in [2.05, 4.69) is 45.7 Å². The Morgan fingerprint density at radius 2 is 1.66 bits per heavy atom. The van der Waals surface area contributed by atoms with Crippen LogP contribution in [0.15, 0.2) is 59.3 Å². The number of hydrogen-bond donors (Lipinski definition) is 0. The number of aromatic nitrogens is 1. The van der Waals surface area contributed by atoms with Crippen LogP contribution >= 0.6 is 70.6 Å². The van der Waals surface area contributed by atoms with Crippen molar-refractivity contribution in [3.8, 4) is 0 Å². The molecular weight excluding hydrogens is 553 g/mol. The molecule has 0 unspecified atom stereocenters. The van der Waals surface area contributed by atoms with Crippen LogP contribution in [-0.2, 0) is 34.0 Å². The van der Waals surface area contributed by atoms with Gasteiger partial charge >= 0.3 is 5.97 Å². The second-order valence-electron chi connectivity index (χ2n) is 7.92. The highest BCUT2D eigenvalue weighted by Gasteiger charge is 2.37. The van der Waals surface area contributed by atoms with Gasteiger partial charge in [-0.2, -0.15) is 0 Å². The molecule has 1 atom stereocenters. The quantitative estimate of drug-likeness (QED) is 0.189. The fraction of sp³-hybridized carbons (Fsp3) is 0.240. The maximum atomic E-state index is 12.9. The summed E-state index contributed by atoms with van der Waals surface area (Å²) in [5.41, 5.74) is 3.33. The van der Waals surface area contributed by atoms with E-state index in [0.29, 0.717) is 17.3 Å². The average Bonchev–Trinajstić information content (AvgIpc) is 3.65. The molecule has 35 heavy (non-hydrogen) atoms. The third-order valence-corrected chi connectivity index (χ3v) is 11.0. The van der Waals surface area contributed by atoms with Crippen LogP contribution in [0.1, 0.15) is 21.0 Å². The van der Waals surface area contributed by atoms with Crippen molar-refractivity contribution >= 4 is 96.1 Å². The van der Waals surface area contributed by atoms with Gasteiger partial charge < -0.3 is 9.64 Å². The van der Waals surface area contributed by atoms with Crippen LogP contribution in [0.4, 0.5) is 0 Å². The zero-order valence-electron chi connectivity index (χ0n) is 18.8. The maximum absolute atomic E-state index is 12.9. The smallest absolute Gasteiger partial charge is 0.328 e. The van der Waals surface area contributed by atoms with Gasteiger partial charge in [0.25, 0.3) is 0 Å². The molecule has 4 aromatic rings. The summed E-state index contributed by atoms with van der Waals surface area (Å²) in [6, 6.07) is 16.2. The standard InChI is InChI=1S/C25H22N2O2S6/c1-29-23(28)21-12-19-18-8-2-3-9-20(18)27(25(31)35-15-17-7-5-11-33-17)22(19)13-26(21)24(30)34-14-16-6-4-10-32-16/h2-11,21H,12-15H2,1H3/t21-/m1/s1. The van der Waals surface area contributed by atoms with E-state index in [1.165, 1.54) is 16.9 Å². The predicted octanol–water partition coefficient (Wildman–Crippen LogP) is 6.95. The predicted molar refractivity (Wildman–Crippen MR) is 159 cm³/mol. The van der Waals surface area contributed by atoms with Gasteiger partial charge in [0, 0.05) is 38.8 Å². The summed E-state index contributed by atoms with van der Waals surface area (Å²) in [7, 11) is 1.44. The lowest BCUT2D eigenvalue weighted by molar-refractivity contribution is -0.145. The van der Waals surface area contributed by atoms with Crippen LogP contribution in [-0.4, -0.2) is 37.2 Å². The first-order valence-electron chi connectivity index (χ1n) is 10.9. The van der Waals surface area contributed by atoms with Crippen LogP contribution in [0.5, 0.6) is 0 Å². The van der Waals surface area contributed by atoms with Gasteiger partial charge in [0.05, 0.1) is 19.2 Å². The van der Waals surface area contributed by atoms with Gasteiger partial charge in [-0.25, -0.2) is 4.79 Å². The summed E-state index contributed by atoms with van der Waals surface area (Å²) in [5.74, 6) is 1.36. The van der Waals surface area contributed by atoms with Gasteiger partial charge in [0.2, 0.25) is 0 Å². The van der Waals surface area contributed by atoms with E-state index in [-0.39, 0.29) is 5.97 Å². The largest absolute Gasteiger partial charge is 0.467 e. The topological polar surface area (TPSA) is 34.5 Å². The van der Waals surface area contributed by atoms with Gasteiger partial charge in [-0.1, -0.05) is 78.3 Å². The molecule has 3 aromatic heterocycles. The molecule has 1 aliphatic rings. The molecule has 0 fully saturated rings. The zero-order valence-corrected chi connectivity index (χ0v) is 23.7. The Hall–Kier alpha value is -1.69. The highest BCUT2D eigenvalue weighted by atomic mass is 32.2. The number of methoxy groups -OCH3 is 1. The van der Waals surface area contributed by atoms with Crippen molar-refractivity contribution in [1.29, 1.82) is 0 Å². The first-order valence-corrected chi connectivity index (χ1v) is 15.5. The van der Waals surface area contributed by atoms with Crippen molar-refractivity contribution in [2.75, 3.05) is 7.11 Å². The van der Waals surface area contributed by atoms with Gasteiger partial charge in [-0.15, -0.1) is 22.7 Å². The number of hydrogen-bond acceptors (Lipinski definition) is 8. The number of ether oxygens (including phenoxy) is 1. The summed E-state index contributed by atoms with van der Waals surface area (Å²) in [6.45, 7) is 0.514. The third-order valence-electron chi connectivity index (χ3n) is 5.91. The lowest BCUT2D eigenvalue weighted by Gasteiger charge is -2.36. The molecule has 0 aliphatic carbocycles. The van der Waals surface area contributed by atoms with Gasteiger partial charge in [0.1, 0.15) is 14.7 Å². The Balaban J connectivity index is 1.49. The second-order valence-corrected chi connectivity index (χ2v) is 13.2. The fourth-order valence-electron chi connectivity index (χ4n) is 4.28. The van der Waals surface area contributed by atoms with E-state index in [4.69, 9.17) is 29.2 Å². The van der Waals surface area contributed by atoms with Crippen molar-refractivity contribution in [2.24, 2.45) is 0 Å². The third kappa shape index (κ3) is 5.23. The molecule has 5 rings (SSSR count). The number of thioether (sulfide) groups is 2. The van der Waals surface area contributed by atoms with E-state index in [9.17, 15) is 4.79 Å². The van der Waals surface area contributed by atoms with Gasteiger partial charge in [0.15, 0.2) is 0 Å². The molecule has 0 spiro atoms. The van der Waals surface area contributed by atoms with Crippen molar-refractivity contribution in [3.05, 3.63) is 80.3 Å². The summed E-state index contributed by atoms with van der Waals surface area (Å²) < 4.78 is 8.90.